The van der Waals surface area contributed by atoms with Crippen LogP contribution >= 0.6 is 0 Å². The fourth-order valence-electron chi connectivity index (χ4n) is 21.1. The minimum Gasteiger partial charge on any atom is -0.455 e. The number of anilines is 6. The molecule has 606 valence electrons. The van der Waals surface area contributed by atoms with E-state index in [4.69, 9.17) is 8.83 Å². The molecule has 4 aromatic heterocycles. The molecule has 6 heteroatoms. The molecule has 0 saturated carbocycles. The molecular weight excluding hydrogens is 1580 g/mol. The van der Waals surface area contributed by atoms with E-state index in [0.717, 1.165) is 200 Å². The van der Waals surface area contributed by atoms with E-state index in [0.29, 0.717) is 0 Å². The quantitative estimate of drug-likeness (QED) is 0.0960. The molecule has 0 spiro atoms. The maximum Gasteiger partial charge on any atom is 0.143 e. The Morgan fingerprint density at radius 1 is 0.162 bits per heavy atom. The SMILES string of the molecule is c1cc(-c2ccc3c(ccc4ccccc43)c2)cc(N(c2ccccc2-c2ccccc2-n2c3ccccc3c3ccccc32)c2ccccc2-c2cccc3c2oc2cc(-c4ccc5c6ccccc6n(-c6ccccc6-c6ccccc6N(c6ccccc6-c6cc7ccccc7c7ccccc67)c6ccccc6-c6cccc7c6oc6ccccc67)c5c4)ccc23)c1. The number of benzene rings is 22. The first-order valence-corrected chi connectivity index (χ1v) is 44.6. The predicted molar refractivity (Wildman–Crippen MR) is 547 cm³/mol. The second-order valence-electron chi connectivity index (χ2n) is 34.0. The van der Waals surface area contributed by atoms with Crippen LogP contribution in [0.2, 0.25) is 0 Å². The van der Waals surface area contributed by atoms with E-state index in [9.17, 15) is 0 Å². The van der Waals surface area contributed by atoms with Gasteiger partial charge in [-0.1, -0.05) is 364 Å². The number of aromatic nitrogens is 2. The number of hydrogen-bond acceptors (Lipinski definition) is 4. The number of fused-ring (bicyclic) bond motifs is 18. The number of para-hydroxylation sites is 13. The summed E-state index contributed by atoms with van der Waals surface area (Å²) in [6.45, 7) is 0. The van der Waals surface area contributed by atoms with Crippen molar-refractivity contribution in [2.75, 3.05) is 9.80 Å². The number of rotatable bonds is 15. The van der Waals surface area contributed by atoms with E-state index in [-0.39, 0.29) is 0 Å². The number of furan rings is 2. The van der Waals surface area contributed by atoms with Crippen molar-refractivity contribution in [1.82, 2.24) is 9.13 Å². The lowest BCUT2D eigenvalue weighted by Gasteiger charge is -2.32. The Balaban J connectivity index is 0.620. The smallest absolute Gasteiger partial charge is 0.143 e. The summed E-state index contributed by atoms with van der Waals surface area (Å²) in [5.74, 6) is 0. The molecule has 6 nitrogen and oxygen atoms in total. The van der Waals surface area contributed by atoms with Crippen LogP contribution in [0, 0.1) is 0 Å². The Morgan fingerprint density at radius 2 is 0.500 bits per heavy atom. The molecular formula is C124H78N4O2. The lowest BCUT2D eigenvalue weighted by molar-refractivity contribution is 0.669. The average Bonchev–Trinajstić information content (AvgIpc) is 1.53. The van der Waals surface area contributed by atoms with Crippen LogP contribution < -0.4 is 9.80 Å². The zero-order valence-corrected chi connectivity index (χ0v) is 70.6. The van der Waals surface area contributed by atoms with Gasteiger partial charge in [0.05, 0.1) is 61.9 Å². The zero-order chi connectivity index (χ0) is 85.4. The van der Waals surface area contributed by atoms with Crippen molar-refractivity contribution in [3.8, 4) is 89.3 Å². The molecule has 0 aliphatic rings. The van der Waals surface area contributed by atoms with Gasteiger partial charge in [-0.3, -0.25) is 0 Å². The summed E-state index contributed by atoms with van der Waals surface area (Å²) in [6, 6.07) is 174. The molecule has 0 N–H and O–H groups in total. The molecule has 0 radical (unpaired) electrons. The van der Waals surface area contributed by atoms with Gasteiger partial charge in [0, 0.05) is 98.8 Å². The molecule has 0 unspecified atom stereocenters. The van der Waals surface area contributed by atoms with Gasteiger partial charge in [0.2, 0.25) is 0 Å². The molecule has 0 fully saturated rings. The maximum absolute atomic E-state index is 7.49. The molecule has 22 aromatic carbocycles. The molecule has 26 aromatic rings. The normalized spacial score (nSPS) is 11.8. The third-order valence-electron chi connectivity index (χ3n) is 26.9. The molecule has 0 aliphatic carbocycles. The highest BCUT2D eigenvalue weighted by Gasteiger charge is 2.30. The predicted octanol–water partition coefficient (Wildman–Crippen LogP) is 34.9. The van der Waals surface area contributed by atoms with E-state index in [2.05, 4.69) is 492 Å². The molecule has 0 saturated heterocycles. The van der Waals surface area contributed by atoms with Crippen LogP contribution in [-0.4, -0.2) is 9.13 Å². The first-order chi connectivity index (χ1) is 64.5. The van der Waals surface area contributed by atoms with Gasteiger partial charge in [0.15, 0.2) is 0 Å². The topological polar surface area (TPSA) is 42.6 Å². The van der Waals surface area contributed by atoms with Crippen molar-refractivity contribution in [1.29, 1.82) is 0 Å². The van der Waals surface area contributed by atoms with Crippen LogP contribution in [0.3, 0.4) is 0 Å². The highest BCUT2D eigenvalue weighted by molar-refractivity contribution is 6.19. The van der Waals surface area contributed by atoms with E-state index in [1.165, 1.54) is 53.9 Å². The Labute approximate surface area is 749 Å². The minimum absolute atomic E-state index is 0.802. The van der Waals surface area contributed by atoms with Gasteiger partial charge in [0.25, 0.3) is 0 Å². The van der Waals surface area contributed by atoms with Crippen LogP contribution in [0.5, 0.6) is 0 Å². The van der Waals surface area contributed by atoms with Crippen molar-refractivity contribution in [3.05, 3.63) is 473 Å². The summed E-state index contributed by atoms with van der Waals surface area (Å²) in [5, 5.41) is 18.7. The zero-order valence-electron chi connectivity index (χ0n) is 70.6. The summed E-state index contributed by atoms with van der Waals surface area (Å²) < 4.78 is 19.4. The highest BCUT2D eigenvalue weighted by atomic mass is 16.3. The average molecular weight is 1660 g/mol. The van der Waals surface area contributed by atoms with Gasteiger partial charge in [-0.25, -0.2) is 0 Å². The van der Waals surface area contributed by atoms with Crippen LogP contribution in [-0.2, 0) is 0 Å². The van der Waals surface area contributed by atoms with Gasteiger partial charge in [-0.05, 0) is 180 Å². The van der Waals surface area contributed by atoms with Gasteiger partial charge in [-0.2, -0.15) is 0 Å². The van der Waals surface area contributed by atoms with Crippen LogP contribution in [0.25, 0.3) is 220 Å². The van der Waals surface area contributed by atoms with Crippen LogP contribution in [0.15, 0.2) is 482 Å². The minimum atomic E-state index is 0.802. The maximum atomic E-state index is 7.49. The van der Waals surface area contributed by atoms with E-state index >= 15 is 0 Å². The van der Waals surface area contributed by atoms with Gasteiger partial charge in [-0.15, -0.1) is 0 Å². The Kier molecular flexibility index (Phi) is 17.2. The molecule has 26 rings (SSSR count). The lowest BCUT2D eigenvalue weighted by Crippen LogP contribution is -2.14. The fraction of sp³-hybridized carbons (Fsp3) is 0. The number of hydrogen-bond donors (Lipinski definition) is 0. The molecule has 0 bridgehead atoms. The lowest BCUT2D eigenvalue weighted by atomic mass is 9.91. The monoisotopic (exact) mass is 1650 g/mol. The van der Waals surface area contributed by atoms with E-state index in [1.807, 2.05) is 0 Å². The summed E-state index contributed by atoms with van der Waals surface area (Å²) in [4.78, 5) is 4.99. The molecule has 0 atom stereocenters. The highest BCUT2D eigenvalue weighted by Crippen LogP contribution is 2.54. The Hall–Kier alpha value is -17.3. The first-order valence-electron chi connectivity index (χ1n) is 44.6. The van der Waals surface area contributed by atoms with Crippen LogP contribution in [0.4, 0.5) is 34.1 Å². The summed E-state index contributed by atoms with van der Waals surface area (Å²) in [7, 11) is 0. The third-order valence-corrected chi connectivity index (χ3v) is 26.9. The molecule has 0 aliphatic heterocycles. The largest absolute Gasteiger partial charge is 0.455 e. The second kappa shape index (κ2) is 30.2. The molecule has 130 heavy (non-hydrogen) atoms. The second-order valence-corrected chi connectivity index (χ2v) is 34.0. The Morgan fingerprint density at radius 3 is 1.08 bits per heavy atom. The molecule has 0 amide bonds. The summed E-state index contributed by atoms with van der Waals surface area (Å²) in [5.41, 5.74) is 31.0. The fourth-order valence-corrected chi connectivity index (χ4v) is 21.1. The van der Waals surface area contributed by atoms with E-state index < -0.39 is 0 Å². The first kappa shape index (κ1) is 74.1. The molecule has 4 heterocycles. The van der Waals surface area contributed by atoms with Crippen molar-refractivity contribution >= 4 is 165 Å². The van der Waals surface area contributed by atoms with Gasteiger partial charge in [0.1, 0.15) is 22.3 Å². The Bertz CT molecular complexity index is 9080. The van der Waals surface area contributed by atoms with Crippen LogP contribution in [0.1, 0.15) is 0 Å². The standard InChI is InChI=1S/C124H78N4O2/c1-3-36-87-79(32-1)66-67-85-74-81(68-71-89(85)87)80-34-29-35-86(75-80)125(110-55-18-7-40-92(110)93-41-8-20-57-112(93)126-113-58-21-9-42-94(113)95-43-10-22-59-114(95)126)111-56-19-14-47-99(111)105-51-31-54-108-104-73-70-83(78-122(104)130-124(105)108)82-69-72-102-98-46-13-25-62-117(98)128(120(102)77-82)116-61-24-12-45-97(116)96-44-11-23-60-115(96)127(118-63-26-15-48-100(118)106-52-30-53-107-103-50-17-28-65-121(103)129-123(106)107)119-64-27-16-49-101(119)109-76-84-33-2-4-37-88(84)90-38-5-6-39-91(90)109/h1-78H. The van der Waals surface area contributed by atoms with E-state index in [1.54, 1.807) is 0 Å². The third kappa shape index (κ3) is 11.9. The van der Waals surface area contributed by atoms with Crippen molar-refractivity contribution in [2.45, 2.75) is 0 Å². The summed E-state index contributed by atoms with van der Waals surface area (Å²) in [6.07, 6.45) is 0. The van der Waals surface area contributed by atoms with Crippen molar-refractivity contribution in [2.24, 2.45) is 0 Å². The van der Waals surface area contributed by atoms with Crippen molar-refractivity contribution in [3.63, 3.8) is 0 Å². The van der Waals surface area contributed by atoms with Crippen molar-refractivity contribution < 1.29 is 8.83 Å². The summed E-state index contributed by atoms with van der Waals surface area (Å²) >= 11 is 0. The number of nitrogens with zero attached hydrogens (tertiary/aromatic N) is 4. The van der Waals surface area contributed by atoms with Gasteiger partial charge < -0.3 is 27.8 Å². The van der Waals surface area contributed by atoms with Gasteiger partial charge >= 0.3 is 0 Å².